The molecule has 4 aliphatic rings. The van der Waals surface area contributed by atoms with Crippen LogP contribution in [0.25, 0.3) is 5.69 Å². The van der Waals surface area contributed by atoms with Gasteiger partial charge in [0.25, 0.3) is 11.8 Å². The van der Waals surface area contributed by atoms with E-state index in [0.29, 0.717) is 48.2 Å². The van der Waals surface area contributed by atoms with E-state index in [9.17, 15) is 41.9 Å². The van der Waals surface area contributed by atoms with E-state index in [0.717, 1.165) is 4.68 Å². The maximum absolute atomic E-state index is 14.0. The number of nitrogens with zero attached hydrogens (tertiary/aromatic N) is 3. The van der Waals surface area contributed by atoms with E-state index in [-0.39, 0.29) is 61.1 Å². The van der Waals surface area contributed by atoms with Gasteiger partial charge >= 0.3 is 12.3 Å². The second-order valence-electron chi connectivity index (χ2n) is 15.0. The molecule has 7 rings (SSSR count). The molecule has 2 aliphatic carbocycles. The summed E-state index contributed by atoms with van der Waals surface area (Å²) in [7, 11) is 0. The lowest BCUT2D eigenvalue weighted by Gasteiger charge is -2.30. The number of Topliss-reactive ketones (excluding diaryl/α,β-unsaturated/α-hetero) is 1. The van der Waals surface area contributed by atoms with Gasteiger partial charge in [-0.2, -0.15) is 18.3 Å². The number of halogens is 3. The van der Waals surface area contributed by atoms with Crippen molar-refractivity contribution in [2.24, 2.45) is 11.1 Å². The molecule has 1 unspecified atom stereocenters. The van der Waals surface area contributed by atoms with Crippen LogP contribution in [0.15, 0.2) is 36.4 Å². The number of imide groups is 1. The Labute approximate surface area is 306 Å². The first-order valence-corrected chi connectivity index (χ1v) is 17.7. The van der Waals surface area contributed by atoms with Gasteiger partial charge in [0, 0.05) is 47.9 Å². The van der Waals surface area contributed by atoms with Gasteiger partial charge in [-0.1, -0.05) is 19.9 Å². The van der Waals surface area contributed by atoms with Crippen LogP contribution in [0.5, 0.6) is 0 Å². The molecule has 2 aromatic carbocycles. The standard InChI is InChI=1S/C37H38F3N7O7/c1-36(2)15-27-30(28(48)16-36)31(37(38,39)40)45-47(27)19-8-11-22(32(41)50)25(14-19)42-18-6-9-20(10-7-18)54-35(53)43-24-5-3-4-21-23(24)17-46(34(21)52)26-12-13-29(49)44-33(26)51/h3-5,8,11,14,18,20,26,42H,6-7,9-10,12-13,15-17H2,1-2H3,(H2,41,50)(H,43,53)(H,44,49,51). The number of ether oxygens (including phenoxy) is 1. The highest BCUT2D eigenvalue weighted by molar-refractivity contribution is 6.06. The Morgan fingerprint density at radius 1 is 1.00 bits per heavy atom. The van der Waals surface area contributed by atoms with Crippen molar-refractivity contribution in [2.45, 2.75) is 96.1 Å². The van der Waals surface area contributed by atoms with Crippen LogP contribution in [0.1, 0.15) is 107 Å². The predicted octanol–water partition coefficient (Wildman–Crippen LogP) is 4.88. The molecular formula is C37H38F3N7O7. The van der Waals surface area contributed by atoms with Crippen molar-refractivity contribution in [3.8, 4) is 5.69 Å². The average molecular weight is 750 g/mol. The number of aromatic nitrogens is 2. The first-order chi connectivity index (χ1) is 25.5. The number of amides is 5. The zero-order valence-corrected chi connectivity index (χ0v) is 29.5. The Kier molecular flexibility index (Phi) is 9.22. The number of benzene rings is 2. The molecule has 3 heterocycles. The minimum atomic E-state index is -4.85. The summed E-state index contributed by atoms with van der Waals surface area (Å²) in [5.41, 5.74) is 5.42. The zero-order chi connectivity index (χ0) is 38.7. The Balaban J connectivity index is 1.01. The molecular weight excluding hydrogens is 711 g/mol. The van der Waals surface area contributed by atoms with E-state index in [1.54, 1.807) is 32.0 Å². The Bertz CT molecular complexity index is 2100. The minimum Gasteiger partial charge on any atom is -0.446 e. The van der Waals surface area contributed by atoms with Gasteiger partial charge in [-0.05, 0) is 74.3 Å². The number of anilines is 2. The van der Waals surface area contributed by atoms with E-state index >= 15 is 0 Å². The van der Waals surface area contributed by atoms with Crippen LogP contribution in [0.4, 0.5) is 29.3 Å². The molecule has 17 heteroatoms. The van der Waals surface area contributed by atoms with Crippen molar-refractivity contribution in [3.63, 3.8) is 0 Å². The molecule has 1 saturated carbocycles. The fourth-order valence-electron chi connectivity index (χ4n) is 7.90. The van der Waals surface area contributed by atoms with Crippen LogP contribution in [-0.2, 0) is 33.5 Å². The number of piperidine rings is 1. The van der Waals surface area contributed by atoms with Crippen LogP contribution in [-0.4, -0.2) is 68.4 Å². The summed E-state index contributed by atoms with van der Waals surface area (Å²) in [4.78, 5) is 76.9. The summed E-state index contributed by atoms with van der Waals surface area (Å²) in [6.45, 7) is 3.69. The fraction of sp³-hybridized carbons (Fsp3) is 0.432. The quantitative estimate of drug-likeness (QED) is 0.244. The first kappa shape index (κ1) is 36.6. The summed E-state index contributed by atoms with van der Waals surface area (Å²) in [6.07, 6.45) is -3.66. The maximum Gasteiger partial charge on any atom is 0.435 e. The largest absolute Gasteiger partial charge is 0.446 e. The summed E-state index contributed by atoms with van der Waals surface area (Å²) in [5, 5.41) is 12.1. The third-order valence-corrected chi connectivity index (χ3v) is 10.5. The third-order valence-electron chi connectivity index (χ3n) is 10.5. The molecule has 5 N–H and O–H groups in total. The second kappa shape index (κ2) is 13.6. The van der Waals surface area contributed by atoms with Gasteiger partial charge in [-0.15, -0.1) is 0 Å². The summed E-state index contributed by atoms with van der Waals surface area (Å²) < 4.78 is 49.0. The number of carbonyl (C=O) groups excluding carboxylic acids is 6. The Morgan fingerprint density at radius 3 is 2.43 bits per heavy atom. The van der Waals surface area contributed by atoms with Crippen molar-refractivity contribution in [1.29, 1.82) is 0 Å². The molecule has 1 atom stereocenters. The van der Waals surface area contributed by atoms with Crippen LogP contribution >= 0.6 is 0 Å². The minimum absolute atomic E-state index is 0.0449. The Hall–Kier alpha value is -5.74. The molecule has 0 bridgehead atoms. The van der Waals surface area contributed by atoms with Crippen LogP contribution < -0.4 is 21.7 Å². The predicted molar refractivity (Wildman–Crippen MR) is 186 cm³/mol. The smallest absolute Gasteiger partial charge is 0.435 e. The van der Waals surface area contributed by atoms with Crippen molar-refractivity contribution in [1.82, 2.24) is 20.0 Å². The lowest BCUT2D eigenvalue weighted by Crippen LogP contribution is -2.52. The van der Waals surface area contributed by atoms with Crippen molar-refractivity contribution < 1.29 is 46.7 Å². The highest BCUT2D eigenvalue weighted by atomic mass is 19.4. The highest BCUT2D eigenvalue weighted by Crippen LogP contribution is 2.42. The lowest BCUT2D eigenvalue weighted by molar-refractivity contribution is -0.141. The van der Waals surface area contributed by atoms with Crippen LogP contribution in [0, 0.1) is 5.41 Å². The molecule has 0 radical (unpaired) electrons. The molecule has 2 aliphatic heterocycles. The van der Waals surface area contributed by atoms with Gasteiger partial charge in [-0.25, -0.2) is 9.48 Å². The summed E-state index contributed by atoms with van der Waals surface area (Å²) in [6, 6.07) is 8.20. The van der Waals surface area contributed by atoms with Gasteiger partial charge < -0.3 is 20.7 Å². The molecule has 284 valence electrons. The van der Waals surface area contributed by atoms with E-state index in [1.165, 1.54) is 23.1 Å². The van der Waals surface area contributed by atoms with Crippen molar-refractivity contribution in [3.05, 3.63) is 70.0 Å². The number of hydrogen-bond acceptors (Lipinski definition) is 9. The second-order valence-corrected chi connectivity index (χ2v) is 15.0. The number of ketones is 1. The number of hydrogen-bond donors (Lipinski definition) is 4. The fourth-order valence-corrected chi connectivity index (χ4v) is 7.90. The number of alkyl halides is 3. The molecule has 1 aromatic heterocycles. The zero-order valence-electron chi connectivity index (χ0n) is 29.5. The number of rotatable bonds is 7. The molecule has 3 aromatic rings. The SMILES string of the molecule is CC1(C)CC(=O)c2c(C(F)(F)F)nn(-c3ccc(C(N)=O)c(NC4CCC(OC(=O)Nc5cccc6c5CN(C5CCC(=O)NC5=O)C6=O)CC4)c3)c2C1. The van der Waals surface area contributed by atoms with Crippen LogP contribution in [0.2, 0.25) is 0 Å². The highest BCUT2D eigenvalue weighted by Gasteiger charge is 2.46. The molecule has 0 spiro atoms. The number of primary amides is 1. The summed E-state index contributed by atoms with van der Waals surface area (Å²) in [5.74, 6) is -2.68. The number of carbonyl (C=O) groups is 6. The van der Waals surface area contributed by atoms with Gasteiger partial charge in [0.05, 0.1) is 22.5 Å². The Morgan fingerprint density at radius 2 is 1.74 bits per heavy atom. The van der Waals surface area contributed by atoms with E-state index in [2.05, 4.69) is 21.0 Å². The van der Waals surface area contributed by atoms with E-state index in [4.69, 9.17) is 10.5 Å². The van der Waals surface area contributed by atoms with Crippen LogP contribution in [0.3, 0.4) is 0 Å². The van der Waals surface area contributed by atoms with Crippen molar-refractivity contribution >= 4 is 46.9 Å². The van der Waals surface area contributed by atoms with E-state index in [1.807, 2.05) is 0 Å². The summed E-state index contributed by atoms with van der Waals surface area (Å²) >= 11 is 0. The normalized spacial score (nSPS) is 22.3. The average Bonchev–Trinajstić information content (AvgIpc) is 3.64. The number of fused-ring (bicyclic) bond motifs is 2. The molecule has 1 saturated heterocycles. The molecule has 54 heavy (non-hydrogen) atoms. The molecule has 2 fully saturated rings. The third kappa shape index (κ3) is 7.01. The number of nitrogens with one attached hydrogen (secondary N) is 3. The lowest BCUT2D eigenvalue weighted by atomic mass is 9.75. The van der Waals surface area contributed by atoms with E-state index < -0.39 is 64.6 Å². The van der Waals surface area contributed by atoms with Gasteiger partial charge in [0.2, 0.25) is 11.8 Å². The molecule has 14 nitrogen and oxygen atoms in total. The number of nitrogens with two attached hydrogens (primary N) is 1. The van der Waals surface area contributed by atoms with Crippen molar-refractivity contribution in [2.75, 3.05) is 10.6 Å². The monoisotopic (exact) mass is 749 g/mol. The van der Waals surface area contributed by atoms with Gasteiger partial charge in [0.15, 0.2) is 11.5 Å². The van der Waals surface area contributed by atoms with Gasteiger partial charge in [-0.3, -0.25) is 34.6 Å². The maximum atomic E-state index is 14.0. The first-order valence-electron chi connectivity index (χ1n) is 17.7. The topological polar surface area (TPSA) is 195 Å². The molecule has 5 amide bonds. The van der Waals surface area contributed by atoms with Gasteiger partial charge in [0.1, 0.15) is 12.1 Å².